The molecule has 0 saturated heterocycles. The van der Waals surface area contributed by atoms with E-state index in [0.717, 1.165) is 5.56 Å². The molecule has 0 aliphatic heterocycles. The fourth-order valence-electron chi connectivity index (χ4n) is 2.42. The monoisotopic (exact) mass is 377 g/mol. The summed E-state index contributed by atoms with van der Waals surface area (Å²) in [6.45, 7) is 0.325. The molecular weight excluding hydrogens is 354 g/mol. The van der Waals surface area contributed by atoms with Crippen LogP contribution >= 0.6 is 11.3 Å². The largest absolute Gasteiger partial charge is 0.497 e. The first-order valence-electron chi connectivity index (χ1n) is 7.96. The zero-order valence-corrected chi connectivity index (χ0v) is 16.1. The van der Waals surface area contributed by atoms with Crippen molar-refractivity contribution in [2.45, 2.75) is 6.04 Å². The van der Waals surface area contributed by atoms with Gasteiger partial charge in [0, 0.05) is 12.6 Å². The van der Waals surface area contributed by atoms with E-state index in [-0.39, 0.29) is 6.04 Å². The molecule has 26 heavy (non-hydrogen) atoms. The van der Waals surface area contributed by atoms with Crippen molar-refractivity contribution in [2.75, 3.05) is 40.2 Å². The summed E-state index contributed by atoms with van der Waals surface area (Å²) in [6, 6.07) is 6.95. The van der Waals surface area contributed by atoms with Crippen LogP contribution in [0.2, 0.25) is 0 Å². The van der Waals surface area contributed by atoms with Crippen molar-refractivity contribution >= 4 is 28.8 Å². The second-order valence-electron chi connectivity index (χ2n) is 5.77. The highest BCUT2D eigenvalue weighted by Gasteiger charge is 2.20. The first-order valence-corrected chi connectivity index (χ1v) is 8.90. The number of thiophene rings is 1. The smallest absolute Gasteiger partial charge is 0.313 e. The van der Waals surface area contributed by atoms with Crippen molar-refractivity contribution in [2.24, 2.45) is 0 Å². The second-order valence-corrected chi connectivity index (χ2v) is 6.55. The zero-order chi connectivity index (χ0) is 19.1. The molecule has 2 rings (SSSR count). The maximum atomic E-state index is 12.2. The van der Waals surface area contributed by atoms with E-state index < -0.39 is 11.8 Å². The summed E-state index contributed by atoms with van der Waals surface area (Å²) in [6.07, 6.45) is 0. The summed E-state index contributed by atoms with van der Waals surface area (Å²) in [7, 11) is 6.86. The summed E-state index contributed by atoms with van der Waals surface area (Å²) in [5.74, 6) is -0.487. The van der Waals surface area contributed by atoms with Crippen LogP contribution in [-0.4, -0.2) is 51.6 Å². The summed E-state index contributed by atoms with van der Waals surface area (Å²) >= 11 is 1.59. The Morgan fingerprint density at radius 3 is 2.50 bits per heavy atom. The molecular formula is C18H23N3O4S. The topological polar surface area (TPSA) is 79.9 Å². The van der Waals surface area contributed by atoms with Gasteiger partial charge in [-0.25, -0.2) is 0 Å². The number of ether oxygens (including phenoxy) is 2. The van der Waals surface area contributed by atoms with Crippen LogP contribution in [0.4, 0.5) is 5.69 Å². The van der Waals surface area contributed by atoms with Crippen LogP contribution in [0.5, 0.6) is 11.5 Å². The number of carbonyl (C=O) groups excluding carboxylic acids is 2. The van der Waals surface area contributed by atoms with E-state index in [4.69, 9.17) is 9.47 Å². The van der Waals surface area contributed by atoms with Crippen LogP contribution in [0.1, 0.15) is 11.6 Å². The Labute approximate surface area is 156 Å². The minimum atomic E-state index is -0.764. The third kappa shape index (κ3) is 4.96. The van der Waals surface area contributed by atoms with Gasteiger partial charge in [0.05, 0.1) is 25.9 Å². The number of amides is 2. The fraction of sp³-hybridized carbons (Fsp3) is 0.333. The predicted octanol–water partition coefficient (Wildman–Crippen LogP) is 2.12. The van der Waals surface area contributed by atoms with E-state index >= 15 is 0 Å². The van der Waals surface area contributed by atoms with Gasteiger partial charge in [0.15, 0.2) is 0 Å². The lowest BCUT2D eigenvalue weighted by atomic mass is 10.1. The molecule has 0 spiro atoms. The molecule has 140 valence electrons. The lowest BCUT2D eigenvalue weighted by Crippen LogP contribution is -2.40. The number of nitrogens with one attached hydrogen (secondary N) is 2. The SMILES string of the molecule is COc1ccc(OC)c(NC(=O)C(=O)NCC(c2ccsc2)N(C)C)c1. The van der Waals surface area contributed by atoms with Crippen molar-refractivity contribution in [1.29, 1.82) is 0 Å². The van der Waals surface area contributed by atoms with Gasteiger partial charge in [0.25, 0.3) is 0 Å². The summed E-state index contributed by atoms with van der Waals surface area (Å²) in [5, 5.41) is 9.24. The van der Waals surface area contributed by atoms with Gasteiger partial charge >= 0.3 is 11.8 Å². The van der Waals surface area contributed by atoms with E-state index in [9.17, 15) is 9.59 Å². The zero-order valence-electron chi connectivity index (χ0n) is 15.2. The molecule has 0 bridgehead atoms. The molecule has 2 amide bonds. The van der Waals surface area contributed by atoms with Gasteiger partial charge in [-0.1, -0.05) is 0 Å². The van der Waals surface area contributed by atoms with Gasteiger partial charge in [-0.05, 0) is 48.6 Å². The Kier molecular flexibility index (Phi) is 6.99. The van der Waals surface area contributed by atoms with E-state index in [2.05, 4.69) is 10.6 Å². The Hall–Kier alpha value is -2.58. The van der Waals surface area contributed by atoms with E-state index in [1.54, 1.807) is 29.5 Å². The molecule has 0 aliphatic rings. The average molecular weight is 377 g/mol. The molecule has 0 aliphatic carbocycles. The molecule has 0 fully saturated rings. The number of anilines is 1. The molecule has 2 aromatic rings. The molecule has 7 nitrogen and oxygen atoms in total. The van der Waals surface area contributed by atoms with Gasteiger partial charge in [-0.2, -0.15) is 11.3 Å². The summed E-state index contributed by atoms with van der Waals surface area (Å²) < 4.78 is 10.3. The van der Waals surface area contributed by atoms with Crippen LogP contribution in [-0.2, 0) is 9.59 Å². The Morgan fingerprint density at radius 1 is 1.15 bits per heavy atom. The highest BCUT2D eigenvalue weighted by molar-refractivity contribution is 7.08. The molecule has 1 aromatic heterocycles. The van der Waals surface area contributed by atoms with Crippen molar-refractivity contribution in [3.8, 4) is 11.5 Å². The van der Waals surface area contributed by atoms with Gasteiger partial charge in [-0.15, -0.1) is 0 Å². The van der Waals surface area contributed by atoms with Crippen molar-refractivity contribution < 1.29 is 19.1 Å². The number of methoxy groups -OCH3 is 2. The number of benzene rings is 1. The van der Waals surface area contributed by atoms with Gasteiger partial charge in [-0.3, -0.25) is 9.59 Å². The summed E-state index contributed by atoms with van der Waals surface area (Å²) in [5.41, 5.74) is 1.46. The van der Waals surface area contributed by atoms with E-state index in [0.29, 0.717) is 23.7 Å². The quantitative estimate of drug-likeness (QED) is 0.723. The van der Waals surface area contributed by atoms with Crippen LogP contribution in [0.15, 0.2) is 35.0 Å². The minimum Gasteiger partial charge on any atom is -0.497 e. The highest BCUT2D eigenvalue weighted by Crippen LogP contribution is 2.28. The molecule has 0 saturated carbocycles. The Bertz CT molecular complexity index is 747. The number of hydrogen-bond donors (Lipinski definition) is 2. The number of hydrogen-bond acceptors (Lipinski definition) is 6. The van der Waals surface area contributed by atoms with Crippen molar-refractivity contribution in [1.82, 2.24) is 10.2 Å². The van der Waals surface area contributed by atoms with Crippen LogP contribution in [0, 0.1) is 0 Å². The van der Waals surface area contributed by atoms with Crippen molar-refractivity contribution in [3.63, 3.8) is 0 Å². The lowest BCUT2D eigenvalue weighted by Gasteiger charge is -2.23. The Morgan fingerprint density at radius 2 is 1.92 bits per heavy atom. The van der Waals surface area contributed by atoms with Crippen molar-refractivity contribution in [3.05, 3.63) is 40.6 Å². The number of nitrogens with zero attached hydrogens (tertiary/aromatic N) is 1. The third-order valence-corrected chi connectivity index (χ3v) is 4.57. The van der Waals surface area contributed by atoms with E-state index in [1.807, 2.05) is 35.8 Å². The number of rotatable bonds is 7. The Balaban J connectivity index is 2.00. The second kappa shape index (κ2) is 9.21. The maximum absolute atomic E-state index is 12.2. The molecule has 1 aromatic carbocycles. The van der Waals surface area contributed by atoms with Gasteiger partial charge < -0.3 is 25.0 Å². The first-order chi connectivity index (χ1) is 12.5. The molecule has 1 atom stereocenters. The van der Waals surface area contributed by atoms with Crippen LogP contribution < -0.4 is 20.1 Å². The molecule has 1 heterocycles. The standard InChI is InChI=1S/C18H23N3O4S/c1-21(2)15(12-7-8-26-11-12)10-19-17(22)18(23)20-14-9-13(24-3)5-6-16(14)25-4/h5-9,11,15H,10H2,1-4H3,(H,19,22)(H,20,23). The number of carbonyl (C=O) groups is 2. The summed E-state index contributed by atoms with van der Waals surface area (Å²) in [4.78, 5) is 26.4. The number of likely N-dealkylation sites (N-methyl/N-ethyl adjacent to an activating group) is 1. The molecule has 2 N–H and O–H groups in total. The molecule has 0 radical (unpaired) electrons. The minimum absolute atomic E-state index is 0.00986. The van der Waals surface area contributed by atoms with Crippen LogP contribution in [0.25, 0.3) is 0 Å². The normalized spacial score (nSPS) is 11.7. The maximum Gasteiger partial charge on any atom is 0.313 e. The first kappa shape index (κ1) is 19.7. The third-order valence-electron chi connectivity index (χ3n) is 3.87. The van der Waals surface area contributed by atoms with Gasteiger partial charge in [0.2, 0.25) is 0 Å². The lowest BCUT2D eigenvalue weighted by molar-refractivity contribution is -0.136. The fourth-order valence-corrected chi connectivity index (χ4v) is 3.13. The predicted molar refractivity (Wildman–Crippen MR) is 102 cm³/mol. The van der Waals surface area contributed by atoms with Gasteiger partial charge in [0.1, 0.15) is 11.5 Å². The highest BCUT2D eigenvalue weighted by atomic mass is 32.1. The molecule has 1 unspecified atom stereocenters. The molecule has 8 heteroatoms. The van der Waals surface area contributed by atoms with Crippen LogP contribution in [0.3, 0.4) is 0 Å². The van der Waals surface area contributed by atoms with E-state index in [1.165, 1.54) is 14.2 Å². The average Bonchev–Trinajstić information content (AvgIpc) is 3.15.